The smallest absolute Gasteiger partial charge is 0.154 e. The summed E-state index contributed by atoms with van der Waals surface area (Å²) in [6.07, 6.45) is 6.23. The highest BCUT2D eigenvalue weighted by Gasteiger charge is 2.11. The fraction of sp³-hybridized carbons (Fsp3) is 0.385. The Morgan fingerprint density at radius 3 is 2.50 bits per heavy atom. The molecule has 0 aliphatic heterocycles. The molecule has 0 fully saturated rings. The molecule has 0 amide bonds. The van der Waals surface area contributed by atoms with Crippen molar-refractivity contribution in [1.29, 1.82) is 0 Å². The summed E-state index contributed by atoms with van der Waals surface area (Å²) in [5.74, 6) is 2.33. The minimum absolute atomic E-state index is 0.304. The fourth-order valence-corrected chi connectivity index (χ4v) is 3.91. The minimum Gasteiger partial charge on any atom is -0.497 e. The molecular weight excluding hydrogens is 464 g/mol. The lowest BCUT2D eigenvalue weighted by Gasteiger charge is -2.20. The highest BCUT2D eigenvalue weighted by Crippen LogP contribution is 2.26. The average Bonchev–Trinajstić information content (AvgIpc) is 2.81. The third-order valence-corrected chi connectivity index (χ3v) is 6.13. The lowest BCUT2D eigenvalue weighted by atomic mass is 10.1. The summed E-state index contributed by atoms with van der Waals surface area (Å²) in [4.78, 5) is 12.1. The van der Waals surface area contributed by atoms with E-state index in [-0.39, 0.29) is 0 Å². The third kappa shape index (κ3) is 6.78. The van der Waals surface area contributed by atoms with Gasteiger partial charge in [0.05, 0.1) is 12.6 Å². The molecular formula is C26H33BrN4O. The molecule has 0 saturated heterocycles. The second-order valence-electron chi connectivity index (χ2n) is 7.91. The number of rotatable bonds is 11. The van der Waals surface area contributed by atoms with Crippen molar-refractivity contribution in [1.82, 2.24) is 14.9 Å². The standard InChI is InChI=1S/C26H33BrN4O/c1-5-31(6-2)17-7-8-19(3)28-26-23-18-22(32-4)14-15-24(23)29-25(30-26)16-11-20-9-12-21(27)13-10-20/h9-16,18-19H,5-8,17H2,1-4H3,(H,28,29,30)/b16-11+/t19-/m0/s1. The molecule has 0 unspecified atom stereocenters. The Morgan fingerprint density at radius 2 is 1.81 bits per heavy atom. The normalized spacial score (nSPS) is 12.6. The van der Waals surface area contributed by atoms with E-state index < -0.39 is 0 Å². The van der Waals surface area contributed by atoms with Crippen LogP contribution in [0.4, 0.5) is 5.82 Å². The van der Waals surface area contributed by atoms with Gasteiger partial charge in [0.2, 0.25) is 0 Å². The average molecular weight is 497 g/mol. The zero-order valence-electron chi connectivity index (χ0n) is 19.4. The maximum absolute atomic E-state index is 5.44. The number of aromatic nitrogens is 2. The van der Waals surface area contributed by atoms with Gasteiger partial charge in [0.15, 0.2) is 5.82 Å². The molecule has 32 heavy (non-hydrogen) atoms. The van der Waals surface area contributed by atoms with Crippen molar-refractivity contribution in [3.05, 3.63) is 58.3 Å². The van der Waals surface area contributed by atoms with Crippen LogP contribution in [-0.4, -0.2) is 47.7 Å². The number of fused-ring (bicyclic) bond motifs is 1. The largest absolute Gasteiger partial charge is 0.497 e. The van der Waals surface area contributed by atoms with Gasteiger partial charge in [-0.15, -0.1) is 0 Å². The van der Waals surface area contributed by atoms with E-state index >= 15 is 0 Å². The van der Waals surface area contributed by atoms with Crippen molar-refractivity contribution in [3.63, 3.8) is 0 Å². The molecule has 0 spiro atoms. The zero-order valence-corrected chi connectivity index (χ0v) is 21.0. The summed E-state index contributed by atoms with van der Waals surface area (Å²) in [5, 5.41) is 4.60. The first-order chi connectivity index (χ1) is 15.5. The monoisotopic (exact) mass is 496 g/mol. The molecule has 0 radical (unpaired) electrons. The van der Waals surface area contributed by atoms with Crippen LogP contribution < -0.4 is 10.1 Å². The highest BCUT2D eigenvalue weighted by molar-refractivity contribution is 9.10. The lowest BCUT2D eigenvalue weighted by Crippen LogP contribution is -2.25. The number of hydrogen-bond acceptors (Lipinski definition) is 5. The first-order valence-electron chi connectivity index (χ1n) is 11.3. The van der Waals surface area contributed by atoms with Crippen LogP contribution in [0.1, 0.15) is 45.0 Å². The first kappa shape index (κ1) is 24.2. The van der Waals surface area contributed by atoms with E-state index in [0.717, 1.165) is 65.0 Å². The number of halogens is 1. The molecule has 3 rings (SSSR count). The van der Waals surface area contributed by atoms with E-state index in [2.05, 4.69) is 59.1 Å². The van der Waals surface area contributed by atoms with Crippen molar-refractivity contribution in [2.45, 2.75) is 39.7 Å². The molecule has 5 nitrogen and oxygen atoms in total. The number of ether oxygens (including phenoxy) is 1. The van der Waals surface area contributed by atoms with E-state index in [0.29, 0.717) is 11.9 Å². The van der Waals surface area contributed by atoms with Crippen LogP contribution in [0.15, 0.2) is 46.9 Å². The molecule has 1 atom stereocenters. The van der Waals surface area contributed by atoms with E-state index in [1.807, 2.05) is 42.5 Å². The number of benzene rings is 2. The van der Waals surface area contributed by atoms with Crippen LogP contribution in [0.3, 0.4) is 0 Å². The van der Waals surface area contributed by atoms with Gasteiger partial charge >= 0.3 is 0 Å². The Balaban J connectivity index is 1.82. The summed E-state index contributed by atoms with van der Waals surface area (Å²) < 4.78 is 6.50. The van der Waals surface area contributed by atoms with Gasteiger partial charge in [0.1, 0.15) is 11.6 Å². The molecule has 0 bridgehead atoms. The second kappa shape index (κ2) is 12.0. The Labute approximate surface area is 200 Å². The number of hydrogen-bond donors (Lipinski definition) is 1. The van der Waals surface area contributed by atoms with E-state index in [1.54, 1.807) is 7.11 Å². The maximum Gasteiger partial charge on any atom is 0.154 e. The van der Waals surface area contributed by atoms with Gasteiger partial charge in [-0.3, -0.25) is 0 Å². The van der Waals surface area contributed by atoms with Crippen molar-refractivity contribution in [3.8, 4) is 5.75 Å². The summed E-state index contributed by atoms with van der Waals surface area (Å²) in [7, 11) is 1.68. The van der Waals surface area contributed by atoms with Crippen molar-refractivity contribution in [2.24, 2.45) is 0 Å². The van der Waals surface area contributed by atoms with Crippen LogP contribution in [0, 0.1) is 0 Å². The lowest BCUT2D eigenvalue weighted by molar-refractivity contribution is 0.295. The quantitative estimate of drug-likeness (QED) is 0.328. The van der Waals surface area contributed by atoms with Gasteiger partial charge in [-0.2, -0.15) is 0 Å². The topological polar surface area (TPSA) is 50.3 Å². The Kier molecular flexibility index (Phi) is 9.06. The van der Waals surface area contributed by atoms with Gasteiger partial charge in [0.25, 0.3) is 0 Å². The summed E-state index contributed by atoms with van der Waals surface area (Å²) in [5.41, 5.74) is 2.00. The molecule has 3 aromatic rings. The van der Waals surface area contributed by atoms with Gasteiger partial charge in [-0.1, -0.05) is 48.0 Å². The van der Waals surface area contributed by atoms with Crippen molar-refractivity contribution in [2.75, 3.05) is 32.1 Å². The van der Waals surface area contributed by atoms with Crippen LogP contribution in [-0.2, 0) is 0 Å². The van der Waals surface area contributed by atoms with Gasteiger partial charge in [-0.05, 0) is 81.4 Å². The Hall–Kier alpha value is -2.44. The number of nitrogens with one attached hydrogen (secondary N) is 1. The van der Waals surface area contributed by atoms with Crippen LogP contribution in [0.2, 0.25) is 0 Å². The molecule has 1 N–H and O–H groups in total. The van der Waals surface area contributed by atoms with Crippen molar-refractivity contribution >= 4 is 44.8 Å². The molecule has 1 aromatic heterocycles. The van der Waals surface area contributed by atoms with E-state index in [9.17, 15) is 0 Å². The van der Waals surface area contributed by atoms with Crippen LogP contribution >= 0.6 is 15.9 Å². The Morgan fingerprint density at radius 1 is 1.06 bits per heavy atom. The SMILES string of the molecule is CCN(CC)CCC[C@H](C)Nc1nc(/C=C/c2ccc(Br)cc2)nc2ccc(OC)cc12. The molecule has 0 aliphatic carbocycles. The molecule has 2 aromatic carbocycles. The van der Waals surface area contributed by atoms with Crippen molar-refractivity contribution < 1.29 is 4.74 Å². The molecule has 170 valence electrons. The summed E-state index contributed by atoms with van der Waals surface area (Å²) >= 11 is 3.48. The number of anilines is 1. The predicted octanol–water partition coefficient (Wildman–Crippen LogP) is 6.49. The van der Waals surface area contributed by atoms with Crippen LogP contribution in [0.5, 0.6) is 5.75 Å². The van der Waals surface area contributed by atoms with Gasteiger partial charge in [0, 0.05) is 15.9 Å². The zero-order chi connectivity index (χ0) is 22.9. The molecule has 0 aliphatic rings. The van der Waals surface area contributed by atoms with Gasteiger partial charge in [-0.25, -0.2) is 9.97 Å². The minimum atomic E-state index is 0.304. The highest BCUT2D eigenvalue weighted by atomic mass is 79.9. The van der Waals surface area contributed by atoms with E-state index in [1.165, 1.54) is 0 Å². The Bertz CT molecular complexity index is 1030. The maximum atomic E-state index is 5.44. The number of nitrogens with zero attached hydrogens (tertiary/aromatic N) is 3. The third-order valence-electron chi connectivity index (χ3n) is 5.60. The van der Waals surface area contributed by atoms with Crippen LogP contribution in [0.25, 0.3) is 23.1 Å². The van der Waals surface area contributed by atoms with E-state index in [4.69, 9.17) is 14.7 Å². The fourth-order valence-electron chi connectivity index (χ4n) is 3.65. The molecule has 6 heteroatoms. The van der Waals surface area contributed by atoms with Gasteiger partial charge < -0.3 is 15.0 Å². The predicted molar refractivity (Wildman–Crippen MR) is 139 cm³/mol. The summed E-state index contributed by atoms with van der Waals surface area (Å²) in [6, 6.07) is 14.4. The first-order valence-corrected chi connectivity index (χ1v) is 12.1. The molecule has 0 saturated carbocycles. The molecule has 1 heterocycles. The summed E-state index contributed by atoms with van der Waals surface area (Å²) in [6.45, 7) is 9.97. The second-order valence-corrected chi connectivity index (χ2v) is 8.83. The number of methoxy groups -OCH3 is 1.